The third kappa shape index (κ3) is 5.62. The van der Waals surface area contributed by atoms with Crippen molar-refractivity contribution in [2.24, 2.45) is 0 Å². The van der Waals surface area contributed by atoms with Gasteiger partial charge in [0.15, 0.2) is 0 Å². The molecule has 0 aliphatic carbocycles. The lowest BCUT2D eigenvalue weighted by Crippen LogP contribution is -2.10. The van der Waals surface area contributed by atoms with Crippen LogP contribution in [0.4, 0.5) is 17.1 Å². The first-order valence-electron chi connectivity index (χ1n) is 18.4. The van der Waals surface area contributed by atoms with Crippen molar-refractivity contribution in [1.82, 2.24) is 0 Å². The summed E-state index contributed by atoms with van der Waals surface area (Å²) in [5.74, 6) is 0. The molecular formula is C52H35NO. The zero-order valence-corrected chi connectivity index (χ0v) is 29.6. The third-order valence-corrected chi connectivity index (χ3v) is 10.5. The number of benzene rings is 9. The van der Waals surface area contributed by atoms with Crippen LogP contribution in [0, 0.1) is 0 Å². The predicted octanol–water partition coefficient (Wildman–Crippen LogP) is 14.9. The zero-order valence-electron chi connectivity index (χ0n) is 29.6. The summed E-state index contributed by atoms with van der Waals surface area (Å²) in [7, 11) is 0. The van der Waals surface area contributed by atoms with Crippen LogP contribution < -0.4 is 4.90 Å². The molecule has 0 saturated carbocycles. The van der Waals surface area contributed by atoms with Gasteiger partial charge in [-0.1, -0.05) is 170 Å². The van der Waals surface area contributed by atoms with Crippen molar-refractivity contribution in [1.29, 1.82) is 0 Å². The quantitative estimate of drug-likeness (QED) is 0.166. The van der Waals surface area contributed by atoms with Gasteiger partial charge in [0, 0.05) is 32.9 Å². The molecule has 0 atom stereocenters. The first-order chi connectivity index (χ1) is 26.8. The van der Waals surface area contributed by atoms with Crippen LogP contribution in [0.1, 0.15) is 0 Å². The van der Waals surface area contributed by atoms with E-state index >= 15 is 0 Å². The van der Waals surface area contributed by atoms with Crippen molar-refractivity contribution in [3.05, 3.63) is 212 Å². The highest BCUT2D eigenvalue weighted by molar-refractivity contribution is 6.22. The molecule has 0 fully saturated rings. The van der Waals surface area contributed by atoms with Gasteiger partial charge in [0.2, 0.25) is 0 Å². The Kier molecular flexibility index (Phi) is 7.85. The molecule has 2 nitrogen and oxygen atoms in total. The van der Waals surface area contributed by atoms with E-state index < -0.39 is 0 Å². The largest absolute Gasteiger partial charge is 0.455 e. The molecule has 0 aliphatic rings. The van der Waals surface area contributed by atoms with E-state index in [2.05, 4.69) is 217 Å². The number of hydrogen-bond donors (Lipinski definition) is 0. The van der Waals surface area contributed by atoms with Gasteiger partial charge in [0.05, 0.1) is 5.69 Å². The highest BCUT2D eigenvalue weighted by Crippen LogP contribution is 2.47. The number of furan rings is 1. The Morgan fingerprint density at radius 2 is 0.778 bits per heavy atom. The Bertz CT molecular complexity index is 2810. The summed E-state index contributed by atoms with van der Waals surface area (Å²) in [5, 5.41) is 4.41. The molecule has 0 amide bonds. The van der Waals surface area contributed by atoms with Crippen molar-refractivity contribution >= 4 is 49.8 Å². The standard InChI is InChI=1S/C52H35NO/c1-4-14-36(15-5-1)39-26-30-43(31-27-39)53(44-32-28-40(29-33-44)37-16-6-2-7-17-37)49-35-48-51-45(42-21-12-20-41(34-42)38-18-8-3-9-19-38)24-13-25-50(51)54-52(48)47-23-11-10-22-46(47)49/h1-35H. The van der Waals surface area contributed by atoms with E-state index in [1.54, 1.807) is 0 Å². The fourth-order valence-electron chi connectivity index (χ4n) is 7.85. The lowest BCUT2D eigenvalue weighted by atomic mass is 9.94. The second-order valence-electron chi connectivity index (χ2n) is 13.7. The van der Waals surface area contributed by atoms with Gasteiger partial charge in [0.25, 0.3) is 0 Å². The van der Waals surface area contributed by atoms with Crippen LogP contribution in [0.15, 0.2) is 217 Å². The number of rotatable bonds is 7. The average molecular weight is 690 g/mol. The van der Waals surface area contributed by atoms with E-state index in [0.717, 1.165) is 60.9 Å². The molecule has 9 aromatic carbocycles. The summed E-state index contributed by atoms with van der Waals surface area (Å²) in [5.41, 5.74) is 14.5. The van der Waals surface area contributed by atoms with Crippen molar-refractivity contribution in [2.45, 2.75) is 0 Å². The molecule has 0 unspecified atom stereocenters. The minimum atomic E-state index is 0.876. The summed E-state index contributed by atoms with van der Waals surface area (Å²) in [6, 6.07) is 75.8. The second-order valence-corrected chi connectivity index (χ2v) is 13.7. The van der Waals surface area contributed by atoms with Crippen LogP contribution in [0.3, 0.4) is 0 Å². The lowest BCUT2D eigenvalue weighted by molar-refractivity contribution is 0.673. The molecule has 1 aromatic heterocycles. The minimum absolute atomic E-state index is 0.876. The van der Waals surface area contributed by atoms with Gasteiger partial charge in [-0.15, -0.1) is 0 Å². The summed E-state index contributed by atoms with van der Waals surface area (Å²) < 4.78 is 6.80. The van der Waals surface area contributed by atoms with Crippen LogP contribution >= 0.6 is 0 Å². The first-order valence-corrected chi connectivity index (χ1v) is 18.4. The van der Waals surface area contributed by atoms with E-state index in [0.29, 0.717) is 0 Å². The lowest BCUT2D eigenvalue weighted by Gasteiger charge is -2.27. The van der Waals surface area contributed by atoms with Crippen LogP contribution in [0.2, 0.25) is 0 Å². The molecule has 0 aliphatic heterocycles. The summed E-state index contributed by atoms with van der Waals surface area (Å²) >= 11 is 0. The fourth-order valence-corrected chi connectivity index (χ4v) is 7.85. The Morgan fingerprint density at radius 1 is 0.315 bits per heavy atom. The highest BCUT2D eigenvalue weighted by Gasteiger charge is 2.22. The van der Waals surface area contributed by atoms with Gasteiger partial charge in [-0.05, 0) is 87.0 Å². The number of nitrogens with zero attached hydrogens (tertiary/aromatic N) is 1. The molecule has 0 saturated heterocycles. The third-order valence-electron chi connectivity index (χ3n) is 10.5. The Hall–Kier alpha value is -7.16. The first kappa shape index (κ1) is 31.6. The molecule has 0 spiro atoms. The minimum Gasteiger partial charge on any atom is -0.455 e. The van der Waals surface area contributed by atoms with Gasteiger partial charge >= 0.3 is 0 Å². The van der Waals surface area contributed by atoms with E-state index in [9.17, 15) is 0 Å². The van der Waals surface area contributed by atoms with E-state index in [-0.39, 0.29) is 0 Å². The molecule has 0 radical (unpaired) electrons. The monoisotopic (exact) mass is 689 g/mol. The number of hydrogen-bond acceptors (Lipinski definition) is 2. The van der Waals surface area contributed by atoms with Gasteiger partial charge in [-0.3, -0.25) is 0 Å². The smallest absolute Gasteiger partial charge is 0.143 e. The van der Waals surface area contributed by atoms with Crippen molar-refractivity contribution in [3.8, 4) is 44.5 Å². The van der Waals surface area contributed by atoms with Crippen molar-refractivity contribution in [2.75, 3.05) is 4.90 Å². The molecule has 10 aromatic rings. The van der Waals surface area contributed by atoms with Crippen LogP contribution in [-0.4, -0.2) is 0 Å². The van der Waals surface area contributed by atoms with Gasteiger partial charge < -0.3 is 9.32 Å². The zero-order chi connectivity index (χ0) is 35.8. The van der Waals surface area contributed by atoms with E-state index in [1.165, 1.54) is 33.4 Å². The topological polar surface area (TPSA) is 16.4 Å². The highest BCUT2D eigenvalue weighted by atomic mass is 16.3. The van der Waals surface area contributed by atoms with Gasteiger partial charge in [-0.25, -0.2) is 0 Å². The molecule has 1 heterocycles. The summed E-state index contributed by atoms with van der Waals surface area (Å²) in [6.07, 6.45) is 0. The molecule has 2 heteroatoms. The van der Waals surface area contributed by atoms with Gasteiger partial charge in [-0.2, -0.15) is 0 Å². The predicted molar refractivity (Wildman–Crippen MR) is 228 cm³/mol. The Balaban J connectivity index is 1.20. The maximum atomic E-state index is 6.80. The number of fused-ring (bicyclic) bond motifs is 5. The average Bonchev–Trinajstić information content (AvgIpc) is 3.64. The Labute approximate surface area is 314 Å². The Morgan fingerprint density at radius 3 is 1.37 bits per heavy atom. The van der Waals surface area contributed by atoms with Crippen LogP contribution in [-0.2, 0) is 0 Å². The normalized spacial score (nSPS) is 11.3. The number of anilines is 3. The molecule has 254 valence electrons. The fraction of sp³-hybridized carbons (Fsp3) is 0. The summed E-state index contributed by atoms with van der Waals surface area (Å²) in [6.45, 7) is 0. The van der Waals surface area contributed by atoms with Crippen molar-refractivity contribution in [3.63, 3.8) is 0 Å². The molecular weight excluding hydrogens is 655 g/mol. The van der Waals surface area contributed by atoms with E-state index in [1.807, 2.05) is 0 Å². The molecule has 0 N–H and O–H groups in total. The van der Waals surface area contributed by atoms with Gasteiger partial charge in [0.1, 0.15) is 11.2 Å². The van der Waals surface area contributed by atoms with E-state index in [4.69, 9.17) is 4.42 Å². The molecule has 10 rings (SSSR count). The van der Waals surface area contributed by atoms with Crippen LogP contribution in [0.25, 0.3) is 77.2 Å². The molecule has 0 bridgehead atoms. The maximum Gasteiger partial charge on any atom is 0.143 e. The SMILES string of the molecule is c1ccc(-c2ccc(N(c3ccc(-c4ccccc4)cc3)c3cc4c(oc5cccc(-c6cccc(-c7ccccc7)c6)c54)c4ccccc34)cc2)cc1. The van der Waals surface area contributed by atoms with Crippen LogP contribution in [0.5, 0.6) is 0 Å². The van der Waals surface area contributed by atoms with Crippen molar-refractivity contribution < 1.29 is 4.42 Å². The maximum absolute atomic E-state index is 6.80. The second kappa shape index (κ2) is 13.4. The molecule has 54 heavy (non-hydrogen) atoms. The summed E-state index contributed by atoms with van der Waals surface area (Å²) in [4.78, 5) is 2.39.